The van der Waals surface area contributed by atoms with Crippen molar-refractivity contribution in [3.05, 3.63) is 51.6 Å². The second-order valence-corrected chi connectivity index (χ2v) is 9.11. The number of fused-ring (bicyclic) bond motifs is 1. The summed E-state index contributed by atoms with van der Waals surface area (Å²) in [6, 6.07) is 3.29. The number of carbonyl (C=O) groups excluding carboxylic acids is 1. The highest BCUT2D eigenvalue weighted by atomic mass is 35.5. The van der Waals surface area contributed by atoms with E-state index in [1.165, 1.54) is 17.0 Å². The number of carboxylic acid groups (broad SMARTS) is 1. The average molecular weight is 503 g/mol. The number of aliphatic carboxylic acids is 1. The van der Waals surface area contributed by atoms with Gasteiger partial charge in [0.25, 0.3) is 0 Å². The molecule has 1 saturated carbocycles. The molecule has 0 saturated heterocycles. The maximum atomic E-state index is 14.3. The van der Waals surface area contributed by atoms with Crippen LogP contribution < -0.4 is 5.32 Å². The highest BCUT2D eigenvalue weighted by Gasteiger charge is 2.41. The predicted molar refractivity (Wildman–Crippen MR) is 114 cm³/mol. The second kappa shape index (κ2) is 9.44. The number of hydrogen-bond donors (Lipinski definition) is 2. The molecular formula is C22H23ClF4N4O3. The van der Waals surface area contributed by atoms with E-state index in [0.29, 0.717) is 25.7 Å². The van der Waals surface area contributed by atoms with Gasteiger partial charge in [0, 0.05) is 28.7 Å². The molecule has 2 aliphatic rings. The highest BCUT2D eigenvalue weighted by molar-refractivity contribution is 6.30. The Labute approximate surface area is 197 Å². The Morgan fingerprint density at radius 1 is 1.21 bits per heavy atom. The molecule has 1 aromatic heterocycles. The van der Waals surface area contributed by atoms with E-state index >= 15 is 0 Å². The number of hydrogen-bond acceptors (Lipinski definition) is 3. The van der Waals surface area contributed by atoms with Crippen molar-refractivity contribution >= 4 is 23.6 Å². The molecule has 2 N–H and O–H groups in total. The molecule has 2 aromatic rings. The second-order valence-electron chi connectivity index (χ2n) is 8.67. The number of nitrogens with one attached hydrogen (secondary N) is 1. The van der Waals surface area contributed by atoms with Crippen LogP contribution in [0, 0.1) is 11.7 Å². The van der Waals surface area contributed by atoms with Crippen molar-refractivity contribution in [1.29, 1.82) is 0 Å². The van der Waals surface area contributed by atoms with Crippen LogP contribution in [0.15, 0.2) is 18.2 Å². The van der Waals surface area contributed by atoms with Crippen molar-refractivity contribution < 1.29 is 32.3 Å². The third-order valence-electron chi connectivity index (χ3n) is 6.43. The molecular weight excluding hydrogens is 480 g/mol. The van der Waals surface area contributed by atoms with Gasteiger partial charge in [-0.05, 0) is 44.2 Å². The molecule has 0 unspecified atom stereocenters. The summed E-state index contributed by atoms with van der Waals surface area (Å²) < 4.78 is 56.2. The van der Waals surface area contributed by atoms with Gasteiger partial charge in [0.2, 0.25) is 0 Å². The molecule has 0 bridgehead atoms. The van der Waals surface area contributed by atoms with Crippen LogP contribution in [0.2, 0.25) is 5.02 Å². The Hall–Kier alpha value is -2.82. The topological polar surface area (TPSA) is 87.5 Å². The smallest absolute Gasteiger partial charge is 0.435 e. The molecule has 1 fully saturated rings. The standard InChI is InChI=1S/C22H23ClF4N4O3/c23-14-4-1-13(17(24)9-14)10-31-18-11-30(8-7-16(18)19(29-31)22(25,26)27)21(34)28-15-5-2-12(3-6-15)20(32)33/h1,4,9,12,15H,2-3,5-8,10-11H2,(H,28,34)(H,32,33)/t12-,15+. The summed E-state index contributed by atoms with van der Waals surface area (Å²) in [5.74, 6) is -1.93. The first-order valence-corrected chi connectivity index (χ1v) is 11.3. The van der Waals surface area contributed by atoms with Crippen LogP contribution in [-0.4, -0.2) is 44.4 Å². The predicted octanol–water partition coefficient (Wildman–Crippen LogP) is 4.45. The number of amides is 2. The first-order valence-electron chi connectivity index (χ1n) is 10.9. The normalized spacial score (nSPS) is 20.7. The summed E-state index contributed by atoms with van der Waals surface area (Å²) in [4.78, 5) is 25.3. The number of alkyl halides is 3. The van der Waals surface area contributed by atoms with Crippen LogP contribution in [0.5, 0.6) is 0 Å². The minimum atomic E-state index is -4.68. The van der Waals surface area contributed by atoms with Crippen molar-refractivity contribution in [3.8, 4) is 0 Å². The van der Waals surface area contributed by atoms with Crippen LogP contribution in [0.1, 0.15) is 48.2 Å². The van der Waals surface area contributed by atoms with E-state index in [4.69, 9.17) is 16.7 Å². The Morgan fingerprint density at radius 2 is 1.91 bits per heavy atom. The molecule has 2 amide bonds. The maximum absolute atomic E-state index is 14.3. The number of benzene rings is 1. The number of carbonyl (C=O) groups is 2. The number of nitrogens with zero attached hydrogens (tertiary/aromatic N) is 3. The highest BCUT2D eigenvalue weighted by Crippen LogP contribution is 2.35. The van der Waals surface area contributed by atoms with E-state index in [-0.39, 0.29) is 53.9 Å². The van der Waals surface area contributed by atoms with Crippen molar-refractivity contribution in [3.63, 3.8) is 0 Å². The molecule has 1 aliphatic carbocycles. The Balaban J connectivity index is 1.52. The lowest BCUT2D eigenvalue weighted by molar-refractivity contribution is -0.143. The minimum Gasteiger partial charge on any atom is -0.481 e. The van der Waals surface area contributed by atoms with Gasteiger partial charge in [-0.25, -0.2) is 9.18 Å². The summed E-state index contributed by atoms with van der Waals surface area (Å²) in [6.07, 6.45) is -2.76. The van der Waals surface area contributed by atoms with Crippen LogP contribution >= 0.6 is 11.6 Å². The van der Waals surface area contributed by atoms with Gasteiger partial charge in [-0.2, -0.15) is 18.3 Å². The van der Waals surface area contributed by atoms with E-state index in [1.54, 1.807) is 0 Å². The van der Waals surface area contributed by atoms with Crippen LogP contribution in [-0.2, 0) is 30.5 Å². The minimum absolute atomic E-state index is 0.00730. The molecule has 0 radical (unpaired) electrons. The van der Waals surface area contributed by atoms with Gasteiger partial charge in [0.15, 0.2) is 5.69 Å². The Bertz CT molecular complexity index is 1100. The fourth-order valence-corrected chi connectivity index (χ4v) is 4.73. The molecule has 2 heterocycles. The SMILES string of the molecule is O=C(N[C@H]1CC[C@@H](C(=O)O)CC1)N1CCc2c(C(F)(F)F)nn(Cc3ccc(Cl)cc3F)c2C1. The summed E-state index contributed by atoms with van der Waals surface area (Å²) in [6.45, 7) is -0.270. The lowest BCUT2D eigenvalue weighted by Gasteiger charge is -2.32. The Kier molecular flexibility index (Phi) is 6.75. The first kappa shape index (κ1) is 24.3. The lowest BCUT2D eigenvalue weighted by atomic mass is 9.86. The van der Waals surface area contributed by atoms with Gasteiger partial charge in [-0.1, -0.05) is 17.7 Å². The van der Waals surface area contributed by atoms with E-state index in [2.05, 4.69) is 10.4 Å². The largest absolute Gasteiger partial charge is 0.481 e. The van der Waals surface area contributed by atoms with E-state index < -0.39 is 35.6 Å². The van der Waals surface area contributed by atoms with Gasteiger partial charge in [-0.3, -0.25) is 9.48 Å². The fraction of sp³-hybridized carbons (Fsp3) is 0.500. The van der Waals surface area contributed by atoms with Crippen LogP contribution in [0.3, 0.4) is 0 Å². The third kappa shape index (κ3) is 5.13. The third-order valence-corrected chi connectivity index (χ3v) is 6.67. The average Bonchev–Trinajstić information content (AvgIpc) is 3.14. The zero-order valence-corrected chi connectivity index (χ0v) is 18.8. The quantitative estimate of drug-likeness (QED) is 0.605. The molecule has 0 spiro atoms. The summed E-state index contributed by atoms with van der Waals surface area (Å²) in [7, 11) is 0. The maximum Gasteiger partial charge on any atom is 0.435 e. The molecule has 184 valence electrons. The number of carboxylic acids is 1. The van der Waals surface area contributed by atoms with Gasteiger partial charge in [-0.15, -0.1) is 0 Å². The number of halogens is 5. The van der Waals surface area contributed by atoms with Crippen molar-refractivity contribution in [2.24, 2.45) is 5.92 Å². The van der Waals surface area contributed by atoms with Crippen LogP contribution in [0.25, 0.3) is 0 Å². The van der Waals surface area contributed by atoms with Gasteiger partial charge >= 0.3 is 18.2 Å². The summed E-state index contributed by atoms with van der Waals surface area (Å²) in [5, 5.41) is 15.9. The van der Waals surface area contributed by atoms with Gasteiger partial charge in [0.1, 0.15) is 5.82 Å². The zero-order chi connectivity index (χ0) is 24.6. The van der Waals surface area contributed by atoms with Crippen LogP contribution in [0.4, 0.5) is 22.4 Å². The molecule has 4 rings (SSSR count). The summed E-state index contributed by atoms with van der Waals surface area (Å²) in [5.41, 5.74) is -0.685. The lowest BCUT2D eigenvalue weighted by Crippen LogP contribution is -2.48. The Morgan fingerprint density at radius 3 is 2.53 bits per heavy atom. The van der Waals surface area contributed by atoms with Gasteiger partial charge < -0.3 is 15.3 Å². The number of rotatable bonds is 4. The molecule has 1 aromatic carbocycles. The van der Waals surface area contributed by atoms with Crippen molar-refractivity contribution in [1.82, 2.24) is 20.0 Å². The molecule has 0 atom stereocenters. The molecule has 1 aliphatic heterocycles. The first-order chi connectivity index (χ1) is 16.0. The fourth-order valence-electron chi connectivity index (χ4n) is 4.57. The number of urea groups is 1. The monoisotopic (exact) mass is 502 g/mol. The zero-order valence-electron chi connectivity index (χ0n) is 18.0. The molecule has 12 heteroatoms. The van der Waals surface area contributed by atoms with E-state index in [0.717, 1.165) is 10.7 Å². The summed E-state index contributed by atoms with van der Waals surface area (Å²) >= 11 is 5.77. The van der Waals surface area contributed by atoms with E-state index in [9.17, 15) is 27.2 Å². The van der Waals surface area contributed by atoms with Gasteiger partial charge in [0.05, 0.1) is 24.7 Å². The van der Waals surface area contributed by atoms with Crippen molar-refractivity contribution in [2.75, 3.05) is 6.54 Å². The molecule has 34 heavy (non-hydrogen) atoms. The van der Waals surface area contributed by atoms with E-state index in [1.807, 2.05) is 0 Å². The van der Waals surface area contributed by atoms with Crippen molar-refractivity contribution in [2.45, 2.75) is 57.4 Å². The number of aromatic nitrogens is 2. The molecule has 7 nitrogen and oxygen atoms in total.